The molecule has 182 valence electrons. The molecular formula is C26H18BrCl2N3O2S2. The van der Waals surface area contributed by atoms with Gasteiger partial charge in [-0.15, -0.1) is 0 Å². The first kappa shape index (κ1) is 24.4. The van der Waals surface area contributed by atoms with Gasteiger partial charge in [0.1, 0.15) is 9.07 Å². The van der Waals surface area contributed by atoms with Crippen molar-refractivity contribution in [2.45, 2.75) is 16.2 Å². The van der Waals surface area contributed by atoms with Crippen LogP contribution in [0.5, 0.6) is 0 Å². The molecule has 3 heterocycles. The number of fused-ring (bicyclic) bond motifs is 3. The number of thiocarbonyl (C=S) groups is 1. The smallest absolute Gasteiger partial charge is 0.252 e. The number of carbonyl (C=O) groups excluding carboxylic acids is 2. The lowest BCUT2D eigenvalue weighted by Crippen LogP contribution is -2.61. The monoisotopic (exact) mass is 617 g/mol. The topological polar surface area (TPSA) is 52.7 Å². The molecule has 3 unspecified atom stereocenters. The largest absolute Gasteiger partial charge is 0.324 e. The van der Waals surface area contributed by atoms with E-state index in [2.05, 4.69) is 21.2 Å². The number of thioether (sulfide) groups is 1. The van der Waals surface area contributed by atoms with Gasteiger partial charge in [0.25, 0.3) is 11.8 Å². The molecule has 3 aromatic rings. The van der Waals surface area contributed by atoms with Crippen LogP contribution in [-0.2, 0) is 15.1 Å². The molecular weight excluding hydrogens is 601 g/mol. The standard InChI is InChI=1S/C26H18BrCl2N3O2S2/c1-31-13-20(14-2-5-16(28)6-3-14)26(25(31)19-12-15(27)4-11-21(19)30-22(25)33)23(34)32(24(35)36-26)18-9-7-17(29)8-10-18/h2-12,20H,13H2,1H3,(H,30,33). The molecule has 2 fully saturated rings. The summed E-state index contributed by atoms with van der Waals surface area (Å²) < 4.78 is -0.0435. The molecule has 3 aromatic carbocycles. The minimum absolute atomic E-state index is 0.230. The molecule has 6 rings (SSSR count). The maximum absolute atomic E-state index is 14.8. The average Bonchev–Trinajstić information content (AvgIpc) is 3.39. The fraction of sp³-hybridized carbons (Fsp3) is 0.192. The van der Waals surface area contributed by atoms with E-state index < -0.39 is 10.3 Å². The van der Waals surface area contributed by atoms with E-state index in [0.29, 0.717) is 32.3 Å². The van der Waals surface area contributed by atoms with Gasteiger partial charge in [0, 0.05) is 38.2 Å². The second-order valence-corrected chi connectivity index (χ2v) is 12.7. The van der Waals surface area contributed by atoms with Crippen LogP contribution < -0.4 is 10.2 Å². The maximum atomic E-state index is 14.8. The first-order valence-corrected chi connectivity index (χ1v) is 13.9. The number of hydrogen-bond donors (Lipinski definition) is 1. The minimum atomic E-state index is -1.29. The van der Waals surface area contributed by atoms with Crippen molar-refractivity contribution in [2.24, 2.45) is 0 Å². The van der Waals surface area contributed by atoms with Gasteiger partial charge in [0.15, 0.2) is 5.54 Å². The van der Waals surface area contributed by atoms with Crippen molar-refractivity contribution in [3.63, 3.8) is 0 Å². The summed E-state index contributed by atoms with van der Waals surface area (Å²) in [6.07, 6.45) is 0. The molecule has 2 amide bonds. The molecule has 0 radical (unpaired) electrons. The van der Waals surface area contributed by atoms with Crippen molar-refractivity contribution in [2.75, 3.05) is 23.8 Å². The van der Waals surface area contributed by atoms with Crippen LogP contribution in [0, 0.1) is 0 Å². The van der Waals surface area contributed by atoms with Gasteiger partial charge in [-0.3, -0.25) is 19.4 Å². The maximum Gasteiger partial charge on any atom is 0.252 e. The van der Waals surface area contributed by atoms with Crippen LogP contribution in [0.15, 0.2) is 71.2 Å². The Hall–Kier alpha value is -1.94. The Balaban J connectivity index is 1.63. The normalized spacial score (nSPS) is 27.4. The number of nitrogens with zero attached hydrogens (tertiary/aromatic N) is 2. The third-order valence-corrected chi connectivity index (χ3v) is 10.2. The molecule has 2 saturated heterocycles. The lowest BCUT2D eigenvalue weighted by molar-refractivity contribution is -0.132. The lowest BCUT2D eigenvalue weighted by Gasteiger charge is -2.41. The Morgan fingerprint density at radius 2 is 1.67 bits per heavy atom. The summed E-state index contributed by atoms with van der Waals surface area (Å²) in [6, 6.07) is 20.2. The molecule has 0 aliphatic carbocycles. The summed E-state index contributed by atoms with van der Waals surface area (Å²) in [5.41, 5.74) is 1.69. The van der Waals surface area contributed by atoms with Crippen LogP contribution in [0.2, 0.25) is 10.0 Å². The third-order valence-electron chi connectivity index (χ3n) is 7.31. The Morgan fingerprint density at radius 3 is 2.33 bits per heavy atom. The van der Waals surface area contributed by atoms with Crippen molar-refractivity contribution < 1.29 is 9.59 Å². The molecule has 10 heteroatoms. The Bertz CT molecular complexity index is 1450. The highest BCUT2D eigenvalue weighted by atomic mass is 79.9. The minimum Gasteiger partial charge on any atom is -0.324 e. The third kappa shape index (κ3) is 3.15. The van der Waals surface area contributed by atoms with Gasteiger partial charge >= 0.3 is 0 Å². The zero-order chi connectivity index (χ0) is 25.4. The van der Waals surface area contributed by atoms with Crippen LogP contribution in [-0.4, -0.2) is 39.4 Å². The number of likely N-dealkylation sites (tertiary alicyclic amines) is 1. The first-order chi connectivity index (χ1) is 17.2. The average molecular weight is 619 g/mol. The fourth-order valence-electron chi connectivity index (χ4n) is 5.86. The summed E-state index contributed by atoms with van der Waals surface area (Å²) in [5, 5.41) is 4.21. The highest BCUT2D eigenvalue weighted by molar-refractivity contribution is 9.10. The number of rotatable bonds is 2. The van der Waals surface area contributed by atoms with Gasteiger partial charge in [-0.05, 0) is 67.2 Å². The highest BCUT2D eigenvalue weighted by Gasteiger charge is 2.77. The highest BCUT2D eigenvalue weighted by Crippen LogP contribution is 2.66. The number of likely N-dealkylation sites (N-methyl/N-ethyl adjacent to an activating group) is 1. The van der Waals surface area contributed by atoms with Gasteiger partial charge in [0.05, 0.1) is 5.69 Å². The summed E-state index contributed by atoms with van der Waals surface area (Å²) in [4.78, 5) is 32.4. The second kappa shape index (κ2) is 8.55. The fourth-order valence-corrected chi connectivity index (χ4v) is 8.64. The number of carbonyl (C=O) groups is 2. The summed E-state index contributed by atoms with van der Waals surface area (Å²) in [6.45, 7) is 0.469. The van der Waals surface area contributed by atoms with Crippen LogP contribution >= 0.6 is 63.1 Å². The van der Waals surface area contributed by atoms with E-state index in [1.807, 2.05) is 54.4 Å². The molecule has 1 N–H and O–H groups in total. The zero-order valence-electron chi connectivity index (χ0n) is 18.8. The molecule has 36 heavy (non-hydrogen) atoms. The van der Waals surface area contributed by atoms with E-state index in [0.717, 1.165) is 15.6 Å². The van der Waals surface area contributed by atoms with E-state index in [4.69, 9.17) is 35.4 Å². The van der Waals surface area contributed by atoms with Crippen LogP contribution in [0.4, 0.5) is 11.4 Å². The first-order valence-electron chi connectivity index (χ1n) is 11.1. The predicted molar refractivity (Wildman–Crippen MR) is 153 cm³/mol. The number of benzene rings is 3. The molecule has 3 aliphatic rings. The summed E-state index contributed by atoms with van der Waals surface area (Å²) in [5.74, 6) is -0.813. The van der Waals surface area contributed by atoms with Crippen molar-refractivity contribution in [3.8, 4) is 0 Å². The van der Waals surface area contributed by atoms with E-state index in [1.54, 1.807) is 29.2 Å². The lowest BCUT2D eigenvalue weighted by atomic mass is 9.72. The van der Waals surface area contributed by atoms with Crippen molar-refractivity contribution in [1.82, 2.24) is 4.90 Å². The summed E-state index contributed by atoms with van der Waals surface area (Å²) in [7, 11) is 1.90. The molecule has 0 saturated carbocycles. The van der Waals surface area contributed by atoms with Gasteiger partial charge < -0.3 is 5.32 Å². The molecule has 0 aromatic heterocycles. The van der Waals surface area contributed by atoms with E-state index >= 15 is 0 Å². The molecule has 0 bridgehead atoms. The number of halogens is 3. The molecule has 3 atom stereocenters. The number of amides is 2. The number of nitrogens with one attached hydrogen (secondary N) is 1. The summed E-state index contributed by atoms with van der Waals surface area (Å²) >= 11 is 23.0. The van der Waals surface area contributed by atoms with Gasteiger partial charge in [-0.1, -0.05) is 75.2 Å². The zero-order valence-corrected chi connectivity index (χ0v) is 23.5. The van der Waals surface area contributed by atoms with E-state index in [1.165, 1.54) is 11.8 Å². The van der Waals surface area contributed by atoms with Gasteiger partial charge in [-0.2, -0.15) is 0 Å². The molecule has 5 nitrogen and oxygen atoms in total. The van der Waals surface area contributed by atoms with E-state index in [9.17, 15) is 9.59 Å². The van der Waals surface area contributed by atoms with E-state index in [-0.39, 0.29) is 17.7 Å². The Morgan fingerprint density at radius 1 is 1.03 bits per heavy atom. The predicted octanol–water partition coefficient (Wildman–Crippen LogP) is 6.44. The number of anilines is 2. The SMILES string of the molecule is CN1CC(c2ccc(Cl)cc2)C2(SC(=S)N(c3ccc(Cl)cc3)C2=O)C12C(=O)Nc1ccc(Br)cc12. The van der Waals surface area contributed by atoms with Crippen LogP contribution in [0.3, 0.4) is 0 Å². The van der Waals surface area contributed by atoms with Crippen molar-refractivity contribution in [1.29, 1.82) is 0 Å². The van der Waals surface area contributed by atoms with Crippen molar-refractivity contribution in [3.05, 3.63) is 92.4 Å². The Labute approximate surface area is 236 Å². The van der Waals surface area contributed by atoms with Crippen LogP contribution in [0.25, 0.3) is 0 Å². The quantitative estimate of drug-likeness (QED) is 0.335. The Kier molecular flexibility index (Phi) is 5.79. The van der Waals surface area contributed by atoms with Gasteiger partial charge in [-0.25, -0.2) is 0 Å². The second-order valence-electron chi connectivity index (χ2n) is 9.06. The van der Waals surface area contributed by atoms with Gasteiger partial charge in [0.2, 0.25) is 0 Å². The molecule has 3 aliphatic heterocycles. The van der Waals surface area contributed by atoms with Crippen LogP contribution in [0.1, 0.15) is 17.0 Å². The number of hydrogen-bond acceptors (Lipinski definition) is 5. The van der Waals surface area contributed by atoms with Crippen molar-refractivity contribution >= 4 is 90.6 Å². The molecule has 2 spiro atoms.